The number of amides is 2. The van der Waals surface area contributed by atoms with Gasteiger partial charge in [0.2, 0.25) is 0 Å². The molecule has 0 aromatic heterocycles. The molecule has 128 valence electrons. The van der Waals surface area contributed by atoms with Gasteiger partial charge in [0.25, 0.3) is 0 Å². The normalized spacial score (nSPS) is 19.0. The van der Waals surface area contributed by atoms with Crippen molar-refractivity contribution in [2.45, 2.75) is 32.7 Å². The summed E-state index contributed by atoms with van der Waals surface area (Å²) in [4.78, 5) is 14.0. The Morgan fingerprint density at radius 1 is 1.43 bits per heavy atom. The molecule has 2 rings (SSSR count). The highest BCUT2D eigenvalue weighted by Gasteiger charge is 2.27. The molecule has 0 bridgehead atoms. The minimum absolute atomic E-state index is 0.0101. The fourth-order valence-corrected chi connectivity index (χ4v) is 2.82. The Labute approximate surface area is 135 Å². The van der Waals surface area contributed by atoms with Gasteiger partial charge in [0, 0.05) is 37.2 Å². The van der Waals surface area contributed by atoms with Crippen molar-refractivity contribution in [3.8, 4) is 0 Å². The largest absolute Gasteiger partial charge is 0.381 e. The van der Waals surface area contributed by atoms with Crippen LogP contribution in [-0.2, 0) is 11.2 Å². The maximum atomic E-state index is 13.6. The molecule has 23 heavy (non-hydrogen) atoms. The lowest BCUT2D eigenvalue weighted by molar-refractivity contribution is 0.113. The lowest BCUT2D eigenvalue weighted by Gasteiger charge is -2.21. The molecule has 1 N–H and O–H groups in total. The third-order valence-corrected chi connectivity index (χ3v) is 4.07. The molecule has 1 aliphatic heterocycles. The summed E-state index contributed by atoms with van der Waals surface area (Å²) in [5.41, 5.74) is 0.0101. The molecule has 2 amide bonds. The number of carbonyl (C=O) groups excluding carboxylic acids is 1. The highest BCUT2D eigenvalue weighted by Crippen LogP contribution is 2.17. The van der Waals surface area contributed by atoms with Crippen molar-refractivity contribution in [3.63, 3.8) is 0 Å². The maximum absolute atomic E-state index is 13.6. The predicted octanol–water partition coefficient (Wildman–Crippen LogP) is 2.96. The first-order valence-electron chi connectivity index (χ1n) is 8.07. The van der Waals surface area contributed by atoms with Gasteiger partial charge in [-0.3, -0.25) is 0 Å². The monoisotopic (exact) mass is 326 g/mol. The van der Waals surface area contributed by atoms with Gasteiger partial charge in [-0.1, -0.05) is 6.07 Å². The first-order chi connectivity index (χ1) is 11.0. The smallest absolute Gasteiger partial charge is 0.317 e. The number of likely N-dealkylation sites (tertiary alicyclic amines) is 1. The minimum Gasteiger partial charge on any atom is -0.381 e. The molecule has 1 aliphatic rings. The van der Waals surface area contributed by atoms with Crippen LogP contribution in [0.1, 0.15) is 25.8 Å². The molecule has 1 fully saturated rings. The standard InChI is InChI=1S/C17H24F2N2O2/c1-3-23-11-13-7-8-21(10-13)17(22)20-12(2)9-14-15(18)5-4-6-16(14)19/h4-6,12-13H,3,7-11H2,1-2H3,(H,20,22)/t12-,13+/m0/s1. The van der Waals surface area contributed by atoms with Crippen molar-refractivity contribution in [1.82, 2.24) is 10.2 Å². The van der Waals surface area contributed by atoms with Crippen molar-refractivity contribution in [2.75, 3.05) is 26.3 Å². The van der Waals surface area contributed by atoms with Crippen LogP contribution < -0.4 is 5.32 Å². The summed E-state index contributed by atoms with van der Waals surface area (Å²) in [6.45, 7) is 6.38. The zero-order valence-corrected chi connectivity index (χ0v) is 13.6. The van der Waals surface area contributed by atoms with E-state index in [4.69, 9.17) is 4.74 Å². The van der Waals surface area contributed by atoms with E-state index < -0.39 is 11.6 Å². The molecule has 0 saturated carbocycles. The third kappa shape index (κ3) is 4.89. The lowest BCUT2D eigenvalue weighted by atomic mass is 10.1. The van der Waals surface area contributed by atoms with Crippen LogP contribution in [0.4, 0.5) is 13.6 Å². The van der Waals surface area contributed by atoms with Crippen LogP contribution in [0.3, 0.4) is 0 Å². The van der Waals surface area contributed by atoms with Crippen LogP contribution >= 0.6 is 0 Å². The molecule has 6 heteroatoms. The molecule has 1 heterocycles. The van der Waals surface area contributed by atoms with Gasteiger partial charge in [-0.05, 0) is 38.8 Å². The van der Waals surface area contributed by atoms with Crippen molar-refractivity contribution >= 4 is 6.03 Å². The predicted molar refractivity (Wildman–Crippen MR) is 84.2 cm³/mol. The topological polar surface area (TPSA) is 41.6 Å². The van der Waals surface area contributed by atoms with Crippen molar-refractivity contribution in [2.24, 2.45) is 5.92 Å². The van der Waals surface area contributed by atoms with E-state index in [-0.39, 0.29) is 24.1 Å². The van der Waals surface area contributed by atoms with Gasteiger partial charge >= 0.3 is 6.03 Å². The van der Waals surface area contributed by atoms with Gasteiger partial charge in [-0.25, -0.2) is 13.6 Å². The van der Waals surface area contributed by atoms with Gasteiger partial charge in [-0.2, -0.15) is 0 Å². The number of hydrogen-bond acceptors (Lipinski definition) is 2. The molecule has 0 radical (unpaired) electrons. The van der Waals surface area contributed by atoms with Crippen LogP contribution in [0, 0.1) is 17.6 Å². The van der Waals surface area contributed by atoms with E-state index in [1.807, 2.05) is 6.92 Å². The number of urea groups is 1. The van der Waals surface area contributed by atoms with Crippen molar-refractivity contribution in [1.29, 1.82) is 0 Å². The second-order valence-electron chi connectivity index (χ2n) is 6.02. The first kappa shape index (κ1) is 17.7. The van der Waals surface area contributed by atoms with E-state index in [0.717, 1.165) is 6.42 Å². The van der Waals surface area contributed by atoms with Crippen LogP contribution in [-0.4, -0.2) is 43.3 Å². The number of carbonyl (C=O) groups is 1. The molecule has 0 aliphatic carbocycles. The zero-order chi connectivity index (χ0) is 16.8. The summed E-state index contributed by atoms with van der Waals surface area (Å²) in [5, 5.41) is 2.81. The number of nitrogens with one attached hydrogen (secondary N) is 1. The SMILES string of the molecule is CCOC[C@@H]1CCN(C(=O)N[C@@H](C)Cc2c(F)cccc2F)C1. The minimum atomic E-state index is -0.580. The van der Waals surface area contributed by atoms with Gasteiger partial charge < -0.3 is 15.0 Å². The number of hydrogen-bond donors (Lipinski definition) is 1. The molecule has 1 aromatic carbocycles. The van der Waals surface area contributed by atoms with Gasteiger partial charge in [0.15, 0.2) is 0 Å². The summed E-state index contributed by atoms with van der Waals surface area (Å²) in [5.74, 6) is -0.798. The van der Waals surface area contributed by atoms with Crippen LogP contribution in [0.5, 0.6) is 0 Å². The third-order valence-electron chi connectivity index (χ3n) is 4.07. The molecule has 4 nitrogen and oxygen atoms in total. The van der Waals surface area contributed by atoms with Gasteiger partial charge in [0.1, 0.15) is 11.6 Å². The Kier molecular flexibility index (Phi) is 6.33. The quantitative estimate of drug-likeness (QED) is 0.873. The Morgan fingerprint density at radius 2 is 2.13 bits per heavy atom. The molecule has 0 unspecified atom stereocenters. The Hall–Kier alpha value is -1.69. The van der Waals surface area contributed by atoms with Gasteiger partial charge in [0.05, 0.1) is 6.61 Å². The molecule has 1 aromatic rings. The van der Waals surface area contributed by atoms with E-state index in [0.29, 0.717) is 32.2 Å². The molecular formula is C17H24F2N2O2. The fraction of sp³-hybridized carbons (Fsp3) is 0.588. The zero-order valence-electron chi connectivity index (χ0n) is 13.6. The van der Waals surface area contributed by atoms with E-state index in [9.17, 15) is 13.6 Å². The first-order valence-corrected chi connectivity index (χ1v) is 8.07. The highest BCUT2D eigenvalue weighted by molar-refractivity contribution is 5.74. The Balaban J connectivity index is 1.83. The summed E-state index contributed by atoms with van der Waals surface area (Å²) >= 11 is 0. The van der Waals surface area contributed by atoms with E-state index >= 15 is 0 Å². The fourth-order valence-electron chi connectivity index (χ4n) is 2.82. The molecule has 0 spiro atoms. The van der Waals surface area contributed by atoms with E-state index in [2.05, 4.69) is 5.32 Å². The van der Waals surface area contributed by atoms with Crippen molar-refractivity contribution in [3.05, 3.63) is 35.4 Å². The summed E-state index contributed by atoms with van der Waals surface area (Å²) in [7, 11) is 0. The number of ether oxygens (including phenoxy) is 1. The van der Waals surface area contributed by atoms with Crippen molar-refractivity contribution < 1.29 is 18.3 Å². The summed E-state index contributed by atoms with van der Waals surface area (Å²) in [6.07, 6.45) is 1.05. The van der Waals surface area contributed by atoms with Crippen LogP contribution in [0.15, 0.2) is 18.2 Å². The average molecular weight is 326 g/mol. The lowest BCUT2D eigenvalue weighted by Crippen LogP contribution is -2.43. The van der Waals surface area contributed by atoms with Crippen LogP contribution in [0.2, 0.25) is 0 Å². The molecular weight excluding hydrogens is 302 g/mol. The molecule has 1 saturated heterocycles. The van der Waals surface area contributed by atoms with E-state index in [1.54, 1.807) is 11.8 Å². The number of nitrogens with zero attached hydrogens (tertiary/aromatic N) is 1. The summed E-state index contributed by atoms with van der Waals surface area (Å²) < 4.78 is 32.7. The number of benzene rings is 1. The maximum Gasteiger partial charge on any atom is 0.317 e. The van der Waals surface area contributed by atoms with Crippen LogP contribution in [0.25, 0.3) is 0 Å². The Bertz CT molecular complexity index is 519. The number of halogens is 2. The summed E-state index contributed by atoms with van der Waals surface area (Å²) in [6, 6.07) is 3.26. The highest BCUT2D eigenvalue weighted by atomic mass is 19.1. The van der Waals surface area contributed by atoms with E-state index in [1.165, 1.54) is 18.2 Å². The Morgan fingerprint density at radius 3 is 2.78 bits per heavy atom. The van der Waals surface area contributed by atoms with Gasteiger partial charge in [-0.15, -0.1) is 0 Å². The second-order valence-corrected chi connectivity index (χ2v) is 6.02. The second kappa shape index (κ2) is 8.24. The number of rotatable bonds is 6. The average Bonchev–Trinajstić information content (AvgIpc) is 2.98. The molecule has 2 atom stereocenters.